The third-order valence-electron chi connectivity index (χ3n) is 2.95. The number of nitrogens with zero attached hydrogens (tertiary/aromatic N) is 1. The van der Waals surface area contributed by atoms with Gasteiger partial charge in [0.1, 0.15) is 0 Å². The van der Waals surface area contributed by atoms with Crippen LogP contribution in [-0.4, -0.2) is 24.0 Å². The Labute approximate surface area is 89.9 Å². The summed E-state index contributed by atoms with van der Waals surface area (Å²) in [4.78, 5) is 2.70. The van der Waals surface area contributed by atoms with Gasteiger partial charge < -0.3 is 4.90 Å². The number of hydrogen-bond acceptors (Lipinski definition) is 1. The molecule has 0 aromatic heterocycles. The van der Waals surface area contributed by atoms with E-state index in [9.17, 15) is 0 Å². The second kappa shape index (κ2) is 4.65. The zero-order valence-electron chi connectivity index (χ0n) is 10.6. The predicted molar refractivity (Wildman–Crippen MR) is 63.5 cm³/mol. The fourth-order valence-electron chi connectivity index (χ4n) is 2.54. The van der Waals surface area contributed by atoms with Gasteiger partial charge in [-0.15, -0.1) is 0 Å². The molecule has 84 valence electrons. The van der Waals surface area contributed by atoms with Crippen molar-refractivity contribution in [2.45, 2.75) is 59.9 Å². The van der Waals surface area contributed by atoms with Gasteiger partial charge in [-0.25, -0.2) is 0 Å². The molecule has 0 aliphatic carbocycles. The SMILES string of the molecule is CC(C)CN1CCCC1CC(C)(C)C. The summed E-state index contributed by atoms with van der Waals surface area (Å²) < 4.78 is 0. The maximum atomic E-state index is 2.70. The van der Waals surface area contributed by atoms with Gasteiger partial charge in [0.2, 0.25) is 0 Å². The summed E-state index contributed by atoms with van der Waals surface area (Å²) in [7, 11) is 0. The molecule has 1 fully saturated rings. The Morgan fingerprint density at radius 2 is 1.93 bits per heavy atom. The molecule has 14 heavy (non-hydrogen) atoms. The molecule has 1 aliphatic heterocycles. The Kier molecular flexibility index (Phi) is 4.00. The van der Waals surface area contributed by atoms with Crippen LogP contribution in [0.4, 0.5) is 0 Å². The molecule has 1 heteroatoms. The van der Waals surface area contributed by atoms with Gasteiger partial charge in [0.15, 0.2) is 0 Å². The normalized spacial score (nSPS) is 24.9. The molecular formula is C13H27N. The third kappa shape index (κ3) is 4.00. The fourth-order valence-corrected chi connectivity index (χ4v) is 2.54. The average Bonchev–Trinajstić information content (AvgIpc) is 2.32. The van der Waals surface area contributed by atoms with E-state index in [1.54, 1.807) is 0 Å². The molecule has 0 aromatic carbocycles. The highest BCUT2D eigenvalue weighted by atomic mass is 15.2. The summed E-state index contributed by atoms with van der Waals surface area (Å²) in [6, 6.07) is 0.859. The van der Waals surface area contributed by atoms with Crippen molar-refractivity contribution in [3.05, 3.63) is 0 Å². The van der Waals surface area contributed by atoms with Crippen molar-refractivity contribution in [3.63, 3.8) is 0 Å². The zero-order chi connectivity index (χ0) is 10.8. The predicted octanol–water partition coefficient (Wildman–Crippen LogP) is 3.54. The Balaban J connectivity index is 2.43. The van der Waals surface area contributed by atoms with Crippen molar-refractivity contribution >= 4 is 0 Å². The molecule has 0 aromatic rings. The van der Waals surface area contributed by atoms with Crippen LogP contribution in [0.2, 0.25) is 0 Å². The van der Waals surface area contributed by atoms with Crippen LogP contribution in [0.15, 0.2) is 0 Å². The number of rotatable bonds is 3. The summed E-state index contributed by atoms with van der Waals surface area (Å²) in [6.45, 7) is 14.4. The Morgan fingerprint density at radius 3 is 2.43 bits per heavy atom. The standard InChI is InChI=1S/C13H27N/c1-11(2)10-14-8-6-7-12(14)9-13(3,4)5/h11-12H,6-10H2,1-5H3. The van der Waals surface area contributed by atoms with Crippen LogP contribution < -0.4 is 0 Å². The molecule has 1 heterocycles. The van der Waals surface area contributed by atoms with Crippen molar-refractivity contribution in [2.24, 2.45) is 11.3 Å². The van der Waals surface area contributed by atoms with E-state index in [1.165, 1.54) is 32.4 Å². The lowest BCUT2D eigenvalue weighted by atomic mass is 9.87. The molecule has 1 saturated heterocycles. The summed E-state index contributed by atoms with van der Waals surface area (Å²) in [5.41, 5.74) is 0.490. The number of hydrogen-bond donors (Lipinski definition) is 0. The Morgan fingerprint density at radius 1 is 1.29 bits per heavy atom. The van der Waals surface area contributed by atoms with Crippen molar-refractivity contribution in [1.82, 2.24) is 4.90 Å². The van der Waals surface area contributed by atoms with E-state index in [2.05, 4.69) is 39.5 Å². The lowest BCUT2D eigenvalue weighted by Gasteiger charge is -2.31. The first kappa shape index (κ1) is 12.0. The molecule has 0 radical (unpaired) electrons. The average molecular weight is 197 g/mol. The molecule has 0 amide bonds. The van der Waals surface area contributed by atoms with Crippen molar-refractivity contribution in [2.75, 3.05) is 13.1 Å². The molecule has 0 N–H and O–H groups in total. The van der Waals surface area contributed by atoms with Gasteiger partial charge >= 0.3 is 0 Å². The second-order valence-electron chi connectivity index (χ2n) is 6.45. The minimum atomic E-state index is 0.490. The van der Waals surface area contributed by atoms with Crippen LogP contribution in [0.5, 0.6) is 0 Å². The second-order valence-corrected chi connectivity index (χ2v) is 6.45. The summed E-state index contributed by atoms with van der Waals surface area (Å²) in [5.74, 6) is 0.815. The van der Waals surface area contributed by atoms with Gasteiger partial charge in [-0.05, 0) is 37.1 Å². The van der Waals surface area contributed by atoms with Gasteiger partial charge in [-0.2, -0.15) is 0 Å². The minimum Gasteiger partial charge on any atom is -0.300 e. The topological polar surface area (TPSA) is 3.24 Å². The van der Waals surface area contributed by atoms with Crippen molar-refractivity contribution in [1.29, 1.82) is 0 Å². The van der Waals surface area contributed by atoms with Crippen LogP contribution >= 0.6 is 0 Å². The van der Waals surface area contributed by atoms with Crippen LogP contribution in [-0.2, 0) is 0 Å². The third-order valence-corrected chi connectivity index (χ3v) is 2.95. The van der Waals surface area contributed by atoms with E-state index in [0.717, 1.165) is 12.0 Å². The highest BCUT2D eigenvalue weighted by Crippen LogP contribution is 2.30. The van der Waals surface area contributed by atoms with E-state index in [1.807, 2.05) is 0 Å². The summed E-state index contributed by atoms with van der Waals surface area (Å²) in [6.07, 6.45) is 4.19. The first-order valence-electron chi connectivity index (χ1n) is 6.12. The first-order chi connectivity index (χ1) is 6.38. The molecule has 1 unspecified atom stereocenters. The fraction of sp³-hybridized carbons (Fsp3) is 1.00. The molecule has 1 nitrogen and oxygen atoms in total. The van der Waals surface area contributed by atoms with Gasteiger partial charge in [0.05, 0.1) is 0 Å². The number of likely N-dealkylation sites (tertiary alicyclic amines) is 1. The van der Waals surface area contributed by atoms with E-state index in [0.29, 0.717) is 5.41 Å². The smallest absolute Gasteiger partial charge is 0.0101 e. The highest BCUT2D eigenvalue weighted by Gasteiger charge is 2.28. The van der Waals surface area contributed by atoms with E-state index in [4.69, 9.17) is 0 Å². The largest absolute Gasteiger partial charge is 0.300 e. The Hall–Kier alpha value is -0.0400. The molecular weight excluding hydrogens is 170 g/mol. The van der Waals surface area contributed by atoms with Gasteiger partial charge in [-0.1, -0.05) is 34.6 Å². The zero-order valence-corrected chi connectivity index (χ0v) is 10.6. The van der Waals surface area contributed by atoms with Crippen molar-refractivity contribution < 1.29 is 0 Å². The molecule has 1 aliphatic rings. The highest BCUT2D eigenvalue weighted by molar-refractivity contribution is 4.83. The van der Waals surface area contributed by atoms with Crippen LogP contribution in [0.25, 0.3) is 0 Å². The maximum Gasteiger partial charge on any atom is 0.0101 e. The molecule has 1 atom stereocenters. The van der Waals surface area contributed by atoms with E-state index in [-0.39, 0.29) is 0 Å². The van der Waals surface area contributed by atoms with Crippen LogP contribution in [0.1, 0.15) is 53.9 Å². The molecule has 0 spiro atoms. The van der Waals surface area contributed by atoms with E-state index >= 15 is 0 Å². The van der Waals surface area contributed by atoms with Crippen LogP contribution in [0, 0.1) is 11.3 Å². The molecule has 0 bridgehead atoms. The van der Waals surface area contributed by atoms with Crippen LogP contribution in [0.3, 0.4) is 0 Å². The summed E-state index contributed by atoms with van der Waals surface area (Å²) in [5, 5.41) is 0. The van der Waals surface area contributed by atoms with E-state index < -0.39 is 0 Å². The maximum absolute atomic E-state index is 2.70. The van der Waals surface area contributed by atoms with Crippen molar-refractivity contribution in [3.8, 4) is 0 Å². The quantitative estimate of drug-likeness (QED) is 0.669. The summed E-state index contributed by atoms with van der Waals surface area (Å²) >= 11 is 0. The Bertz CT molecular complexity index is 167. The van der Waals surface area contributed by atoms with Gasteiger partial charge in [0, 0.05) is 12.6 Å². The first-order valence-corrected chi connectivity index (χ1v) is 6.12. The van der Waals surface area contributed by atoms with Gasteiger partial charge in [0.25, 0.3) is 0 Å². The van der Waals surface area contributed by atoms with Gasteiger partial charge in [-0.3, -0.25) is 0 Å². The molecule has 1 rings (SSSR count). The lowest BCUT2D eigenvalue weighted by Crippen LogP contribution is -2.35. The minimum absolute atomic E-state index is 0.490. The lowest BCUT2D eigenvalue weighted by molar-refractivity contribution is 0.176. The monoisotopic (exact) mass is 197 g/mol. The molecule has 0 saturated carbocycles.